The summed E-state index contributed by atoms with van der Waals surface area (Å²) in [6.07, 6.45) is -3.24. The molecule has 1 aromatic heterocycles. The molecule has 0 fully saturated rings. The highest BCUT2D eigenvalue weighted by Crippen LogP contribution is 2.35. The van der Waals surface area contributed by atoms with Crippen LogP contribution in [0, 0.1) is 6.92 Å². The molecule has 184 valence electrons. The molecule has 35 heavy (non-hydrogen) atoms. The van der Waals surface area contributed by atoms with Crippen LogP contribution in [-0.4, -0.2) is 28.7 Å². The first-order chi connectivity index (χ1) is 16.6. The number of alkyl halides is 3. The Kier molecular flexibility index (Phi) is 7.80. The number of benzene rings is 2. The number of ether oxygens (including phenoxy) is 2. The van der Waals surface area contributed by atoms with Crippen molar-refractivity contribution in [2.45, 2.75) is 26.6 Å². The predicted octanol–water partition coefficient (Wildman–Crippen LogP) is 5.62. The second-order valence-electron chi connectivity index (χ2n) is 7.33. The van der Waals surface area contributed by atoms with E-state index in [0.717, 1.165) is 23.8 Å². The summed E-state index contributed by atoms with van der Waals surface area (Å²) in [5.41, 5.74) is 0.263. The number of nitrogens with zero attached hydrogens (tertiary/aromatic N) is 1. The number of nitrogens with one attached hydrogen (secondary N) is 2. The SMILES string of the molecule is CCOc1ccc(C(F)(F)F)cc1NC(=O)NCc1ccc(Oc2ccnc(C(=O)O)c2)c(C)c1. The molecule has 2 amide bonds. The number of pyridine rings is 1. The maximum Gasteiger partial charge on any atom is 0.416 e. The second kappa shape index (κ2) is 10.8. The third-order valence-electron chi connectivity index (χ3n) is 4.73. The molecule has 0 aliphatic rings. The lowest BCUT2D eigenvalue weighted by Crippen LogP contribution is -2.28. The van der Waals surface area contributed by atoms with Crippen LogP contribution >= 0.6 is 0 Å². The van der Waals surface area contributed by atoms with Crippen LogP contribution in [0.2, 0.25) is 0 Å². The van der Waals surface area contributed by atoms with Gasteiger partial charge >= 0.3 is 18.2 Å². The number of carbonyl (C=O) groups is 2. The normalized spacial score (nSPS) is 11.0. The van der Waals surface area contributed by atoms with Gasteiger partial charge in [0.15, 0.2) is 5.69 Å². The van der Waals surface area contributed by atoms with Crippen molar-refractivity contribution in [3.8, 4) is 17.2 Å². The summed E-state index contributed by atoms with van der Waals surface area (Å²) in [5, 5.41) is 14.0. The molecule has 0 radical (unpaired) electrons. The Hall–Kier alpha value is -4.28. The van der Waals surface area contributed by atoms with E-state index >= 15 is 0 Å². The zero-order valence-electron chi connectivity index (χ0n) is 18.8. The highest BCUT2D eigenvalue weighted by molar-refractivity contribution is 5.91. The fraction of sp³-hybridized carbons (Fsp3) is 0.208. The maximum absolute atomic E-state index is 13.0. The molecule has 0 aliphatic carbocycles. The van der Waals surface area contributed by atoms with Gasteiger partial charge in [0.2, 0.25) is 0 Å². The number of anilines is 1. The van der Waals surface area contributed by atoms with Gasteiger partial charge in [0.25, 0.3) is 0 Å². The Balaban J connectivity index is 1.65. The molecule has 0 spiro atoms. The van der Waals surface area contributed by atoms with E-state index in [1.807, 2.05) is 0 Å². The van der Waals surface area contributed by atoms with Gasteiger partial charge in [0, 0.05) is 18.8 Å². The van der Waals surface area contributed by atoms with E-state index in [9.17, 15) is 22.8 Å². The summed E-state index contributed by atoms with van der Waals surface area (Å²) in [6, 6.07) is 10.1. The zero-order valence-corrected chi connectivity index (χ0v) is 18.8. The van der Waals surface area contributed by atoms with Gasteiger partial charge in [0.1, 0.15) is 17.2 Å². The van der Waals surface area contributed by atoms with Gasteiger partial charge in [-0.1, -0.05) is 12.1 Å². The Bertz CT molecular complexity index is 1230. The molecule has 2 aromatic carbocycles. The molecule has 0 unspecified atom stereocenters. The lowest BCUT2D eigenvalue weighted by molar-refractivity contribution is -0.137. The summed E-state index contributed by atoms with van der Waals surface area (Å²) in [5.74, 6) is -0.274. The predicted molar refractivity (Wildman–Crippen MR) is 121 cm³/mol. The Morgan fingerprint density at radius 3 is 2.46 bits per heavy atom. The largest absolute Gasteiger partial charge is 0.492 e. The summed E-state index contributed by atoms with van der Waals surface area (Å²) < 4.78 is 50.2. The molecule has 3 aromatic rings. The van der Waals surface area contributed by atoms with Crippen LogP contribution in [0.15, 0.2) is 54.7 Å². The average Bonchev–Trinajstić information content (AvgIpc) is 2.80. The Morgan fingerprint density at radius 1 is 1.06 bits per heavy atom. The van der Waals surface area contributed by atoms with Crippen molar-refractivity contribution in [3.05, 3.63) is 77.1 Å². The monoisotopic (exact) mass is 489 g/mol. The molecule has 3 rings (SSSR count). The van der Waals surface area contributed by atoms with Gasteiger partial charge < -0.3 is 25.2 Å². The average molecular weight is 489 g/mol. The first kappa shape index (κ1) is 25.3. The number of carbonyl (C=O) groups excluding carboxylic acids is 1. The van der Waals surface area contributed by atoms with Gasteiger partial charge in [-0.15, -0.1) is 0 Å². The Labute approximate surface area is 198 Å². The smallest absolute Gasteiger partial charge is 0.416 e. The van der Waals surface area contributed by atoms with Crippen LogP contribution in [0.4, 0.5) is 23.7 Å². The summed E-state index contributed by atoms with van der Waals surface area (Å²) >= 11 is 0. The van der Waals surface area contributed by atoms with Crippen molar-refractivity contribution in [3.63, 3.8) is 0 Å². The van der Waals surface area contributed by atoms with E-state index in [4.69, 9.17) is 14.6 Å². The number of urea groups is 1. The first-order valence-corrected chi connectivity index (χ1v) is 10.4. The third-order valence-corrected chi connectivity index (χ3v) is 4.73. The number of amides is 2. The van der Waals surface area contributed by atoms with E-state index < -0.39 is 23.7 Å². The first-order valence-electron chi connectivity index (χ1n) is 10.4. The fourth-order valence-electron chi connectivity index (χ4n) is 3.09. The molecule has 1 heterocycles. The van der Waals surface area contributed by atoms with Crippen LogP contribution in [-0.2, 0) is 12.7 Å². The summed E-state index contributed by atoms with van der Waals surface area (Å²) in [4.78, 5) is 27.1. The van der Waals surface area contributed by atoms with E-state index in [1.54, 1.807) is 32.0 Å². The van der Waals surface area contributed by atoms with Crippen molar-refractivity contribution >= 4 is 17.7 Å². The van der Waals surface area contributed by atoms with Crippen molar-refractivity contribution in [1.82, 2.24) is 10.3 Å². The zero-order chi connectivity index (χ0) is 25.6. The second-order valence-corrected chi connectivity index (χ2v) is 7.33. The maximum atomic E-state index is 13.0. The van der Waals surface area contributed by atoms with Crippen molar-refractivity contribution in [2.75, 3.05) is 11.9 Å². The van der Waals surface area contributed by atoms with Crippen LogP contribution in [0.5, 0.6) is 17.2 Å². The summed E-state index contributed by atoms with van der Waals surface area (Å²) in [6.45, 7) is 3.76. The molecular weight excluding hydrogens is 467 g/mol. The van der Waals surface area contributed by atoms with Crippen molar-refractivity contribution in [2.24, 2.45) is 0 Å². The highest BCUT2D eigenvalue weighted by Gasteiger charge is 2.31. The highest BCUT2D eigenvalue weighted by atomic mass is 19.4. The number of halogens is 3. The molecule has 11 heteroatoms. The number of hydrogen-bond acceptors (Lipinski definition) is 5. The van der Waals surface area contributed by atoms with Gasteiger partial charge in [-0.3, -0.25) is 0 Å². The lowest BCUT2D eigenvalue weighted by atomic mass is 10.1. The number of carboxylic acids is 1. The number of aryl methyl sites for hydroxylation is 1. The molecule has 3 N–H and O–H groups in total. The molecule has 0 saturated carbocycles. The number of carboxylic acid groups (broad SMARTS) is 1. The number of aromatic carboxylic acids is 1. The van der Waals surface area contributed by atoms with Gasteiger partial charge in [-0.25, -0.2) is 14.6 Å². The third kappa shape index (κ3) is 6.85. The molecular formula is C24H22F3N3O5. The van der Waals surface area contributed by atoms with Crippen LogP contribution in [0.25, 0.3) is 0 Å². The van der Waals surface area contributed by atoms with Crippen LogP contribution in [0.3, 0.4) is 0 Å². The lowest BCUT2D eigenvalue weighted by Gasteiger charge is -2.15. The van der Waals surface area contributed by atoms with E-state index in [0.29, 0.717) is 17.1 Å². The number of aromatic nitrogens is 1. The number of hydrogen-bond donors (Lipinski definition) is 3. The minimum Gasteiger partial charge on any atom is -0.492 e. The minimum absolute atomic E-state index is 0.0916. The molecule has 0 aliphatic heterocycles. The van der Waals surface area contributed by atoms with Gasteiger partial charge in [-0.2, -0.15) is 13.2 Å². The van der Waals surface area contributed by atoms with Crippen molar-refractivity contribution < 1.29 is 37.3 Å². The minimum atomic E-state index is -4.57. The fourth-order valence-corrected chi connectivity index (χ4v) is 3.09. The van der Waals surface area contributed by atoms with E-state index in [-0.39, 0.29) is 30.3 Å². The molecule has 0 atom stereocenters. The van der Waals surface area contributed by atoms with Crippen LogP contribution in [0.1, 0.15) is 34.1 Å². The number of rotatable bonds is 8. The quantitative estimate of drug-likeness (QED) is 0.379. The standard InChI is InChI=1S/C24H22F3N3O5/c1-3-34-21-7-5-16(24(25,26)27)11-18(21)30-23(33)29-13-15-4-6-20(14(2)10-15)35-17-8-9-28-19(12-17)22(31)32/h4-12H,3,13H2,1-2H3,(H,31,32)(H2,29,30,33). The molecule has 0 saturated heterocycles. The van der Waals surface area contributed by atoms with Gasteiger partial charge in [-0.05, 0) is 55.3 Å². The molecule has 8 nitrogen and oxygen atoms in total. The van der Waals surface area contributed by atoms with Gasteiger partial charge in [0.05, 0.1) is 17.9 Å². The van der Waals surface area contributed by atoms with Crippen LogP contribution < -0.4 is 20.1 Å². The summed E-state index contributed by atoms with van der Waals surface area (Å²) in [7, 11) is 0. The topological polar surface area (TPSA) is 110 Å². The van der Waals surface area contributed by atoms with E-state index in [2.05, 4.69) is 15.6 Å². The molecule has 0 bridgehead atoms. The Morgan fingerprint density at radius 2 is 1.80 bits per heavy atom. The van der Waals surface area contributed by atoms with Crippen molar-refractivity contribution in [1.29, 1.82) is 0 Å². The van der Waals surface area contributed by atoms with E-state index in [1.165, 1.54) is 18.3 Å².